The lowest BCUT2D eigenvalue weighted by molar-refractivity contribution is -0.139. The number of aliphatic carboxylic acids is 1. The molecule has 8 heteroatoms. The number of unbranched alkanes of at least 4 members (excludes halogenated alkanes) is 3. The first-order valence-corrected chi connectivity index (χ1v) is 12.2. The van der Waals surface area contributed by atoms with Crippen molar-refractivity contribution in [2.24, 2.45) is 0 Å². The number of rotatable bonds is 15. The van der Waals surface area contributed by atoms with Gasteiger partial charge < -0.3 is 24.1 Å². The molecule has 0 aliphatic heterocycles. The van der Waals surface area contributed by atoms with E-state index < -0.39 is 18.5 Å². The molecule has 8 nitrogen and oxygen atoms in total. The molecule has 0 amide bonds. The Bertz CT molecular complexity index is 1200. The Labute approximate surface area is 221 Å². The highest BCUT2D eigenvalue weighted by Crippen LogP contribution is 2.24. The number of carboxylic acid groups (broad SMARTS) is 1. The average Bonchev–Trinajstić information content (AvgIpc) is 2.94. The van der Waals surface area contributed by atoms with Crippen molar-refractivity contribution >= 4 is 17.9 Å². The van der Waals surface area contributed by atoms with Crippen LogP contribution in [0, 0.1) is 0 Å². The SMILES string of the molecule is C=CC(=O)OCCCCCCOc1ccc(-c2ccc(C(=O)Oc3ccc(OCC(=O)O)cc3)cc2)cc1. The molecule has 0 saturated carbocycles. The minimum Gasteiger partial charge on any atom is -0.494 e. The second-order valence-electron chi connectivity index (χ2n) is 8.28. The number of esters is 2. The summed E-state index contributed by atoms with van der Waals surface area (Å²) in [5.41, 5.74) is 2.34. The maximum absolute atomic E-state index is 12.5. The quantitative estimate of drug-likeness (QED) is 0.118. The molecule has 3 rings (SSSR count). The summed E-state index contributed by atoms with van der Waals surface area (Å²) >= 11 is 0. The number of carbonyl (C=O) groups excluding carboxylic acids is 2. The molecule has 0 aliphatic rings. The van der Waals surface area contributed by atoms with Crippen LogP contribution in [0.1, 0.15) is 36.0 Å². The fourth-order valence-corrected chi connectivity index (χ4v) is 3.44. The first kappa shape index (κ1) is 28.0. The number of benzene rings is 3. The number of carbonyl (C=O) groups is 3. The first-order valence-electron chi connectivity index (χ1n) is 12.2. The van der Waals surface area contributed by atoms with Gasteiger partial charge in [-0.1, -0.05) is 30.8 Å². The van der Waals surface area contributed by atoms with Crippen LogP contribution in [0.25, 0.3) is 11.1 Å². The highest BCUT2D eigenvalue weighted by atomic mass is 16.5. The molecule has 0 fully saturated rings. The second-order valence-corrected chi connectivity index (χ2v) is 8.28. The van der Waals surface area contributed by atoms with Gasteiger partial charge in [-0.15, -0.1) is 0 Å². The Kier molecular flexibility index (Phi) is 10.9. The Morgan fingerprint density at radius 2 is 1.21 bits per heavy atom. The van der Waals surface area contributed by atoms with Gasteiger partial charge in [-0.3, -0.25) is 0 Å². The topological polar surface area (TPSA) is 108 Å². The average molecular weight is 519 g/mol. The van der Waals surface area contributed by atoms with Gasteiger partial charge in [0.05, 0.1) is 18.8 Å². The Balaban J connectivity index is 1.41. The van der Waals surface area contributed by atoms with Crippen molar-refractivity contribution < 1.29 is 38.4 Å². The molecular weight excluding hydrogens is 488 g/mol. The third kappa shape index (κ3) is 9.46. The second kappa shape index (κ2) is 14.8. The van der Waals surface area contributed by atoms with Gasteiger partial charge in [0.1, 0.15) is 17.2 Å². The Morgan fingerprint density at radius 1 is 0.684 bits per heavy atom. The standard InChI is InChI=1S/C30H30O8/c1-2-29(33)36-20-6-4-3-5-19-35-25-13-11-23(12-14-25)22-7-9-24(10-8-22)30(34)38-27-17-15-26(16-18-27)37-21-28(31)32/h2,7-18H,1,3-6,19-21H2,(H,31,32). The molecule has 0 radical (unpaired) electrons. The lowest BCUT2D eigenvalue weighted by Crippen LogP contribution is -2.10. The largest absolute Gasteiger partial charge is 0.494 e. The summed E-state index contributed by atoms with van der Waals surface area (Å²) < 4.78 is 21.2. The van der Waals surface area contributed by atoms with E-state index in [4.69, 9.17) is 24.1 Å². The van der Waals surface area contributed by atoms with Gasteiger partial charge in [0.2, 0.25) is 0 Å². The van der Waals surface area contributed by atoms with Crippen molar-refractivity contribution in [1.82, 2.24) is 0 Å². The van der Waals surface area contributed by atoms with E-state index in [1.807, 2.05) is 36.4 Å². The van der Waals surface area contributed by atoms with Crippen LogP contribution < -0.4 is 14.2 Å². The van der Waals surface area contributed by atoms with Gasteiger partial charge in [-0.25, -0.2) is 14.4 Å². The fourth-order valence-electron chi connectivity index (χ4n) is 3.44. The van der Waals surface area contributed by atoms with Gasteiger partial charge in [-0.2, -0.15) is 0 Å². The minimum atomic E-state index is -1.07. The Hall–Kier alpha value is -4.59. The fraction of sp³-hybridized carbons (Fsp3) is 0.233. The van der Waals surface area contributed by atoms with Crippen molar-refractivity contribution in [2.75, 3.05) is 19.8 Å². The predicted octanol–water partition coefficient (Wildman–Crippen LogP) is 5.70. The molecule has 38 heavy (non-hydrogen) atoms. The lowest BCUT2D eigenvalue weighted by Gasteiger charge is -2.09. The molecule has 0 bridgehead atoms. The monoisotopic (exact) mass is 518 g/mol. The van der Waals surface area contributed by atoms with Crippen LogP contribution in [-0.2, 0) is 14.3 Å². The van der Waals surface area contributed by atoms with Crippen LogP contribution in [0.4, 0.5) is 0 Å². The third-order valence-corrected chi connectivity index (χ3v) is 5.42. The van der Waals surface area contributed by atoms with Gasteiger partial charge in [0.25, 0.3) is 0 Å². The normalized spacial score (nSPS) is 10.3. The summed E-state index contributed by atoms with van der Waals surface area (Å²) in [6, 6.07) is 21.0. The van der Waals surface area contributed by atoms with E-state index in [1.165, 1.54) is 30.3 Å². The number of ether oxygens (including phenoxy) is 4. The summed E-state index contributed by atoms with van der Waals surface area (Å²) in [5.74, 6) is -0.481. The highest BCUT2D eigenvalue weighted by Gasteiger charge is 2.10. The third-order valence-electron chi connectivity index (χ3n) is 5.42. The zero-order chi connectivity index (χ0) is 27.2. The predicted molar refractivity (Wildman–Crippen MR) is 142 cm³/mol. The lowest BCUT2D eigenvalue weighted by atomic mass is 10.0. The van der Waals surface area contributed by atoms with Crippen LogP contribution in [0.3, 0.4) is 0 Å². The number of hydrogen-bond donors (Lipinski definition) is 1. The molecule has 0 saturated heterocycles. The van der Waals surface area contributed by atoms with E-state index in [9.17, 15) is 14.4 Å². The summed E-state index contributed by atoms with van der Waals surface area (Å²) in [7, 11) is 0. The van der Waals surface area contributed by atoms with Crippen molar-refractivity contribution in [1.29, 1.82) is 0 Å². The zero-order valence-electron chi connectivity index (χ0n) is 21.0. The van der Waals surface area contributed by atoms with Gasteiger partial charge >= 0.3 is 17.9 Å². The van der Waals surface area contributed by atoms with E-state index in [2.05, 4.69) is 6.58 Å². The van der Waals surface area contributed by atoms with Crippen molar-refractivity contribution in [3.8, 4) is 28.4 Å². The molecule has 0 heterocycles. The Morgan fingerprint density at radius 3 is 1.82 bits per heavy atom. The molecule has 0 unspecified atom stereocenters. The highest BCUT2D eigenvalue weighted by molar-refractivity contribution is 5.91. The van der Waals surface area contributed by atoms with Crippen molar-refractivity contribution in [2.45, 2.75) is 25.7 Å². The molecule has 3 aromatic carbocycles. The summed E-state index contributed by atoms with van der Waals surface area (Å²) in [4.78, 5) is 34.0. The van der Waals surface area contributed by atoms with Crippen LogP contribution in [0.2, 0.25) is 0 Å². The maximum atomic E-state index is 12.5. The maximum Gasteiger partial charge on any atom is 0.343 e. The van der Waals surface area contributed by atoms with Crippen LogP contribution in [-0.4, -0.2) is 42.8 Å². The molecule has 3 aromatic rings. The molecule has 198 valence electrons. The molecule has 0 atom stereocenters. The zero-order valence-corrected chi connectivity index (χ0v) is 21.0. The molecule has 1 N–H and O–H groups in total. The van der Waals surface area contributed by atoms with E-state index >= 15 is 0 Å². The summed E-state index contributed by atoms with van der Waals surface area (Å²) in [5, 5.41) is 8.65. The van der Waals surface area contributed by atoms with E-state index in [0.29, 0.717) is 30.3 Å². The molecule has 0 spiro atoms. The number of hydrogen-bond acceptors (Lipinski definition) is 7. The van der Waals surface area contributed by atoms with E-state index in [0.717, 1.165) is 42.6 Å². The minimum absolute atomic E-state index is 0.325. The summed E-state index contributed by atoms with van der Waals surface area (Å²) in [6.07, 6.45) is 4.86. The molecule has 0 aromatic heterocycles. The first-order chi connectivity index (χ1) is 18.4. The van der Waals surface area contributed by atoms with E-state index in [1.54, 1.807) is 12.1 Å². The number of carboxylic acids is 1. The van der Waals surface area contributed by atoms with E-state index in [-0.39, 0.29) is 5.97 Å². The van der Waals surface area contributed by atoms with Gasteiger partial charge in [0, 0.05) is 6.08 Å². The van der Waals surface area contributed by atoms with Crippen LogP contribution in [0.15, 0.2) is 85.5 Å². The summed E-state index contributed by atoms with van der Waals surface area (Å²) in [6.45, 7) is 3.94. The van der Waals surface area contributed by atoms with Gasteiger partial charge in [-0.05, 0) is 85.3 Å². The molecule has 0 aliphatic carbocycles. The smallest absolute Gasteiger partial charge is 0.343 e. The van der Waals surface area contributed by atoms with Crippen molar-refractivity contribution in [3.05, 3.63) is 91.0 Å². The van der Waals surface area contributed by atoms with Crippen LogP contribution >= 0.6 is 0 Å². The molecular formula is C30H30O8. The van der Waals surface area contributed by atoms with Crippen molar-refractivity contribution in [3.63, 3.8) is 0 Å². The van der Waals surface area contributed by atoms with Gasteiger partial charge in [0.15, 0.2) is 6.61 Å². The van der Waals surface area contributed by atoms with Crippen LogP contribution in [0.5, 0.6) is 17.2 Å².